The maximum absolute atomic E-state index is 12.2. The lowest BCUT2D eigenvalue weighted by atomic mass is 9.78. The number of carbonyl (C=O) groups excluding carboxylic acids is 2. The number of nitrogens with zero attached hydrogens (tertiary/aromatic N) is 3. The molecule has 2 aliphatic heterocycles. The van der Waals surface area contributed by atoms with Crippen molar-refractivity contribution in [1.82, 2.24) is 20.2 Å². The lowest BCUT2D eigenvalue weighted by molar-refractivity contribution is -0.117. The van der Waals surface area contributed by atoms with E-state index >= 15 is 0 Å². The van der Waals surface area contributed by atoms with Crippen LogP contribution in [-0.2, 0) is 4.79 Å². The summed E-state index contributed by atoms with van der Waals surface area (Å²) in [6, 6.07) is 6.71. The largest absolute Gasteiger partial charge is 0.355 e. The summed E-state index contributed by atoms with van der Waals surface area (Å²) in [7, 11) is 4.11. The molecule has 0 amide bonds. The van der Waals surface area contributed by atoms with Crippen LogP contribution in [0, 0.1) is 5.41 Å². The molecule has 5 rings (SSSR count). The molecule has 0 bridgehead atoms. The van der Waals surface area contributed by atoms with Crippen molar-refractivity contribution in [2.45, 2.75) is 38.0 Å². The molecule has 1 unspecified atom stereocenters. The molecule has 0 saturated carbocycles. The van der Waals surface area contributed by atoms with Crippen molar-refractivity contribution in [2.24, 2.45) is 5.41 Å². The van der Waals surface area contributed by atoms with E-state index in [9.17, 15) is 9.59 Å². The highest BCUT2D eigenvalue weighted by molar-refractivity contribution is 6.16. The summed E-state index contributed by atoms with van der Waals surface area (Å²) in [5, 5.41) is 5.27. The van der Waals surface area contributed by atoms with Gasteiger partial charge in [0.25, 0.3) is 0 Å². The maximum atomic E-state index is 12.2. The summed E-state index contributed by atoms with van der Waals surface area (Å²) in [4.78, 5) is 37.0. The normalized spacial score (nSPS) is 22.5. The third-order valence-corrected chi connectivity index (χ3v) is 8.01. The minimum absolute atomic E-state index is 0.369. The van der Waals surface area contributed by atoms with Gasteiger partial charge in [0.05, 0.1) is 16.5 Å². The number of rotatable bonds is 7. The Labute approximate surface area is 200 Å². The van der Waals surface area contributed by atoms with Crippen molar-refractivity contribution in [3.8, 4) is 0 Å². The fraction of sp³-hybridized carbons (Fsp3) is 0.519. The zero-order chi connectivity index (χ0) is 23.7. The lowest BCUT2D eigenvalue weighted by Crippen LogP contribution is -2.46. The molecular formula is C27H35N5O2. The minimum atomic E-state index is -0.369. The van der Waals surface area contributed by atoms with Crippen LogP contribution in [0.15, 0.2) is 24.4 Å². The lowest BCUT2D eigenvalue weighted by Gasteiger charge is -2.40. The van der Waals surface area contributed by atoms with E-state index in [-0.39, 0.29) is 5.41 Å². The van der Waals surface area contributed by atoms with Gasteiger partial charge in [-0.1, -0.05) is 12.1 Å². The standard InChI is InChI=1S/C27H35N5O2/c1-28-10-9-27(18-34)8-3-11-32(17-27)26-24-22-5-4-20(19-6-12-31(2)13-7-19)14-23(22)30-25(24)21(16-33)15-29-26/h4-5,14-16,18-19,28,30H,3,6-13,17H2,1-2H3. The molecule has 2 fully saturated rings. The van der Waals surface area contributed by atoms with E-state index in [0.29, 0.717) is 18.0 Å². The van der Waals surface area contributed by atoms with Gasteiger partial charge in [-0.3, -0.25) is 4.79 Å². The van der Waals surface area contributed by atoms with Crippen molar-refractivity contribution in [1.29, 1.82) is 0 Å². The molecule has 2 aliphatic rings. The van der Waals surface area contributed by atoms with Crippen LogP contribution < -0.4 is 10.2 Å². The van der Waals surface area contributed by atoms with E-state index in [1.807, 2.05) is 7.05 Å². The number of nitrogens with one attached hydrogen (secondary N) is 2. The number of hydrogen-bond acceptors (Lipinski definition) is 6. The number of H-pyrrole nitrogens is 1. The van der Waals surface area contributed by atoms with Gasteiger partial charge >= 0.3 is 0 Å². The van der Waals surface area contributed by atoms with Gasteiger partial charge in [0.15, 0.2) is 6.29 Å². The first-order valence-corrected chi connectivity index (χ1v) is 12.5. The van der Waals surface area contributed by atoms with Crippen LogP contribution in [0.4, 0.5) is 5.82 Å². The maximum Gasteiger partial charge on any atom is 0.153 e. The zero-order valence-corrected chi connectivity index (χ0v) is 20.3. The summed E-state index contributed by atoms with van der Waals surface area (Å²) in [6.07, 6.45) is 8.70. The summed E-state index contributed by atoms with van der Waals surface area (Å²) >= 11 is 0. The fourth-order valence-corrected chi connectivity index (χ4v) is 5.92. The number of likely N-dealkylation sites (tertiary alicyclic amines) is 1. The number of hydrogen-bond donors (Lipinski definition) is 2. The highest BCUT2D eigenvalue weighted by Crippen LogP contribution is 2.40. The summed E-state index contributed by atoms with van der Waals surface area (Å²) in [6.45, 7) is 4.57. The predicted molar refractivity (Wildman–Crippen MR) is 137 cm³/mol. The van der Waals surface area contributed by atoms with E-state index in [1.165, 1.54) is 18.4 Å². The van der Waals surface area contributed by atoms with Crippen LogP contribution in [0.1, 0.15) is 53.9 Å². The first kappa shape index (κ1) is 23.0. The van der Waals surface area contributed by atoms with Crippen LogP contribution in [0.5, 0.6) is 0 Å². The molecule has 34 heavy (non-hydrogen) atoms. The van der Waals surface area contributed by atoms with E-state index in [4.69, 9.17) is 4.98 Å². The van der Waals surface area contributed by atoms with Gasteiger partial charge < -0.3 is 24.9 Å². The van der Waals surface area contributed by atoms with Gasteiger partial charge in [0, 0.05) is 35.6 Å². The zero-order valence-electron chi connectivity index (χ0n) is 20.3. The SMILES string of the molecule is CNCCC1(C=O)CCCN(c2ncc(C=O)c3[nH]c4cc(C5CCN(C)CC5)ccc4c23)C1. The summed E-state index contributed by atoms with van der Waals surface area (Å²) < 4.78 is 0. The molecule has 2 N–H and O–H groups in total. The minimum Gasteiger partial charge on any atom is -0.355 e. The predicted octanol–water partition coefficient (Wildman–Crippen LogP) is 3.73. The van der Waals surface area contributed by atoms with Gasteiger partial charge in [-0.25, -0.2) is 4.98 Å². The molecule has 0 aliphatic carbocycles. The molecular weight excluding hydrogens is 426 g/mol. The molecule has 180 valence electrons. The number of carbonyl (C=O) groups is 2. The molecule has 2 aromatic heterocycles. The summed E-state index contributed by atoms with van der Waals surface area (Å²) in [5.74, 6) is 1.44. The molecule has 0 spiro atoms. The average molecular weight is 462 g/mol. The number of aromatic amines is 1. The van der Waals surface area contributed by atoms with Crippen molar-refractivity contribution >= 4 is 40.2 Å². The number of aldehydes is 2. The van der Waals surface area contributed by atoms with Crippen molar-refractivity contribution < 1.29 is 9.59 Å². The molecule has 4 heterocycles. The van der Waals surface area contributed by atoms with Crippen LogP contribution in [-0.4, -0.2) is 74.3 Å². The number of pyridine rings is 1. The van der Waals surface area contributed by atoms with Gasteiger partial charge in [-0.15, -0.1) is 0 Å². The van der Waals surface area contributed by atoms with Crippen molar-refractivity contribution in [2.75, 3.05) is 51.7 Å². The van der Waals surface area contributed by atoms with Gasteiger partial charge in [0.1, 0.15) is 12.1 Å². The molecule has 1 atom stereocenters. The Hall–Kier alpha value is -2.77. The number of aromatic nitrogens is 2. The van der Waals surface area contributed by atoms with Crippen LogP contribution >= 0.6 is 0 Å². The monoisotopic (exact) mass is 461 g/mol. The van der Waals surface area contributed by atoms with Crippen molar-refractivity contribution in [3.05, 3.63) is 35.5 Å². The highest BCUT2D eigenvalue weighted by Gasteiger charge is 2.36. The Kier molecular flexibility index (Phi) is 6.40. The second-order valence-corrected chi connectivity index (χ2v) is 10.3. The van der Waals surface area contributed by atoms with Crippen LogP contribution in [0.2, 0.25) is 0 Å². The topological polar surface area (TPSA) is 81.3 Å². The van der Waals surface area contributed by atoms with Gasteiger partial charge in [-0.2, -0.15) is 0 Å². The Morgan fingerprint density at radius 1 is 1.24 bits per heavy atom. The van der Waals surface area contributed by atoms with Crippen LogP contribution in [0.3, 0.4) is 0 Å². The number of fused-ring (bicyclic) bond motifs is 3. The number of piperidine rings is 2. The Morgan fingerprint density at radius 3 is 2.79 bits per heavy atom. The summed E-state index contributed by atoms with van der Waals surface area (Å²) in [5.41, 5.74) is 3.46. The second-order valence-electron chi connectivity index (χ2n) is 10.3. The third-order valence-electron chi connectivity index (χ3n) is 8.01. The average Bonchev–Trinajstić information content (AvgIpc) is 3.26. The molecule has 0 radical (unpaired) electrons. The Morgan fingerprint density at radius 2 is 2.06 bits per heavy atom. The van der Waals surface area contributed by atoms with E-state index in [0.717, 1.165) is 85.6 Å². The molecule has 3 aromatic rings. The molecule has 7 nitrogen and oxygen atoms in total. The smallest absolute Gasteiger partial charge is 0.153 e. The van der Waals surface area contributed by atoms with E-state index < -0.39 is 0 Å². The molecule has 1 aromatic carbocycles. The molecule has 7 heteroatoms. The quantitative estimate of drug-likeness (QED) is 0.522. The van der Waals surface area contributed by atoms with Crippen molar-refractivity contribution in [3.63, 3.8) is 0 Å². The van der Waals surface area contributed by atoms with Gasteiger partial charge in [-0.05, 0) is 83.4 Å². The number of benzene rings is 1. The Balaban J connectivity index is 1.56. The van der Waals surface area contributed by atoms with E-state index in [1.54, 1.807) is 6.20 Å². The first-order valence-electron chi connectivity index (χ1n) is 12.5. The van der Waals surface area contributed by atoms with Gasteiger partial charge in [0.2, 0.25) is 0 Å². The molecule has 2 saturated heterocycles. The first-order chi connectivity index (χ1) is 16.6. The fourth-order valence-electron chi connectivity index (χ4n) is 5.92. The third kappa shape index (κ3) is 4.12. The Bertz CT molecular complexity index is 1200. The second kappa shape index (κ2) is 9.47. The number of anilines is 1. The highest BCUT2D eigenvalue weighted by atomic mass is 16.1. The van der Waals surface area contributed by atoms with E-state index in [2.05, 4.69) is 45.3 Å². The van der Waals surface area contributed by atoms with Crippen LogP contribution in [0.25, 0.3) is 21.8 Å².